The topological polar surface area (TPSA) is 69.6 Å². The van der Waals surface area contributed by atoms with Gasteiger partial charge in [0, 0.05) is 30.6 Å². The fourth-order valence-electron chi connectivity index (χ4n) is 3.79. The predicted molar refractivity (Wildman–Crippen MR) is 106 cm³/mol. The zero-order valence-electron chi connectivity index (χ0n) is 15.4. The molecule has 1 atom stereocenters. The van der Waals surface area contributed by atoms with Crippen molar-refractivity contribution in [3.05, 3.63) is 59.2 Å². The standard InChI is InChI=1S/C22H24N2O3/c1-14-3-2-4-16(11-14)17-9-10-24(13-17)18-7-8-20(19(12-18)22(26)27)23-21(25)15-5-6-15/h2-4,7-8,11-12,15,17H,5-6,9-10,13H2,1H3,(H,23,25)(H,26,27)/t17-/m0/s1. The molecular weight excluding hydrogens is 340 g/mol. The van der Waals surface area contributed by atoms with Crippen molar-refractivity contribution >= 4 is 23.3 Å². The van der Waals surface area contributed by atoms with Crippen LogP contribution in [0, 0.1) is 12.8 Å². The molecule has 0 bridgehead atoms. The summed E-state index contributed by atoms with van der Waals surface area (Å²) in [5.74, 6) is -0.601. The molecule has 5 nitrogen and oxygen atoms in total. The van der Waals surface area contributed by atoms with Crippen molar-refractivity contribution in [3.8, 4) is 0 Å². The van der Waals surface area contributed by atoms with Gasteiger partial charge in [0.15, 0.2) is 0 Å². The number of aromatic carboxylic acids is 1. The second-order valence-corrected chi connectivity index (χ2v) is 7.64. The number of anilines is 2. The predicted octanol–water partition coefficient (Wildman–Crippen LogP) is 4.04. The monoisotopic (exact) mass is 364 g/mol. The van der Waals surface area contributed by atoms with Crippen LogP contribution in [0.4, 0.5) is 11.4 Å². The van der Waals surface area contributed by atoms with Crippen molar-refractivity contribution < 1.29 is 14.7 Å². The highest BCUT2D eigenvalue weighted by molar-refractivity contribution is 6.02. The summed E-state index contributed by atoms with van der Waals surface area (Å²) in [6, 6.07) is 13.9. The van der Waals surface area contributed by atoms with E-state index in [1.54, 1.807) is 12.1 Å². The number of benzene rings is 2. The van der Waals surface area contributed by atoms with Crippen LogP contribution in [0.5, 0.6) is 0 Å². The normalized spacial score (nSPS) is 19.1. The van der Waals surface area contributed by atoms with E-state index in [0.717, 1.165) is 38.0 Å². The maximum Gasteiger partial charge on any atom is 0.337 e. The van der Waals surface area contributed by atoms with Gasteiger partial charge in [0.2, 0.25) is 5.91 Å². The smallest absolute Gasteiger partial charge is 0.337 e. The highest BCUT2D eigenvalue weighted by Crippen LogP contribution is 2.34. The molecule has 1 saturated carbocycles. The van der Waals surface area contributed by atoms with E-state index in [2.05, 4.69) is 41.4 Å². The minimum absolute atomic E-state index is 0.0417. The summed E-state index contributed by atoms with van der Waals surface area (Å²) in [5.41, 5.74) is 4.03. The summed E-state index contributed by atoms with van der Waals surface area (Å²) in [4.78, 5) is 25.9. The molecule has 2 aromatic rings. The third-order valence-corrected chi connectivity index (χ3v) is 5.51. The van der Waals surface area contributed by atoms with Crippen LogP contribution in [0.1, 0.15) is 46.7 Å². The molecule has 0 radical (unpaired) electrons. The maximum atomic E-state index is 12.0. The molecule has 27 heavy (non-hydrogen) atoms. The molecule has 5 heteroatoms. The van der Waals surface area contributed by atoms with Crippen molar-refractivity contribution in [2.45, 2.75) is 32.1 Å². The Kier molecular flexibility index (Phi) is 4.60. The molecule has 1 saturated heterocycles. The SMILES string of the molecule is Cc1cccc([C@H]2CCN(c3ccc(NC(=O)C4CC4)c(C(=O)O)c3)C2)c1. The molecular formula is C22H24N2O3. The van der Waals surface area contributed by atoms with Crippen molar-refractivity contribution in [3.63, 3.8) is 0 Å². The largest absolute Gasteiger partial charge is 0.478 e. The number of aryl methyl sites for hydroxylation is 1. The minimum Gasteiger partial charge on any atom is -0.478 e. The minimum atomic E-state index is -1.02. The van der Waals surface area contributed by atoms with Crippen LogP contribution in [-0.2, 0) is 4.79 Å². The highest BCUT2D eigenvalue weighted by atomic mass is 16.4. The van der Waals surface area contributed by atoms with Crippen LogP contribution >= 0.6 is 0 Å². The van der Waals surface area contributed by atoms with Crippen LogP contribution in [0.25, 0.3) is 0 Å². The zero-order valence-corrected chi connectivity index (χ0v) is 15.4. The van der Waals surface area contributed by atoms with Crippen molar-refractivity contribution in [2.24, 2.45) is 5.92 Å². The van der Waals surface area contributed by atoms with Gasteiger partial charge in [-0.1, -0.05) is 29.8 Å². The van der Waals surface area contributed by atoms with E-state index in [0.29, 0.717) is 11.6 Å². The molecule has 1 aliphatic heterocycles. The molecule has 1 aliphatic carbocycles. The number of carbonyl (C=O) groups excluding carboxylic acids is 1. The molecule has 0 unspecified atom stereocenters. The van der Waals surface area contributed by atoms with Crippen LogP contribution in [0.15, 0.2) is 42.5 Å². The third kappa shape index (κ3) is 3.82. The van der Waals surface area contributed by atoms with E-state index in [-0.39, 0.29) is 17.4 Å². The van der Waals surface area contributed by atoms with Crippen molar-refractivity contribution in [1.29, 1.82) is 0 Å². The molecule has 2 fully saturated rings. The number of hydrogen-bond donors (Lipinski definition) is 2. The van der Waals surface area contributed by atoms with Gasteiger partial charge < -0.3 is 15.3 Å². The van der Waals surface area contributed by atoms with E-state index < -0.39 is 5.97 Å². The Morgan fingerprint density at radius 2 is 1.93 bits per heavy atom. The Hall–Kier alpha value is -2.82. The molecule has 0 aromatic heterocycles. The van der Waals surface area contributed by atoms with Crippen LogP contribution in [-0.4, -0.2) is 30.1 Å². The van der Waals surface area contributed by atoms with Gasteiger partial charge in [0.25, 0.3) is 0 Å². The first kappa shape index (κ1) is 17.6. The number of carboxylic acids is 1. The van der Waals surface area contributed by atoms with E-state index in [9.17, 15) is 14.7 Å². The lowest BCUT2D eigenvalue weighted by atomic mass is 9.97. The summed E-state index contributed by atoms with van der Waals surface area (Å²) in [6.45, 7) is 3.87. The Labute approximate surface area is 159 Å². The molecule has 0 spiro atoms. The molecule has 2 aliphatic rings. The average Bonchev–Trinajstić information content (AvgIpc) is 3.39. The van der Waals surface area contributed by atoms with Gasteiger partial charge in [-0.15, -0.1) is 0 Å². The van der Waals surface area contributed by atoms with Crippen molar-refractivity contribution in [1.82, 2.24) is 0 Å². The Morgan fingerprint density at radius 1 is 1.11 bits per heavy atom. The average molecular weight is 364 g/mol. The Bertz CT molecular complexity index is 889. The van der Waals surface area contributed by atoms with Gasteiger partial charge >= 0.3 is 5.97 Å². The second kappa shape index (κ2) is 7.06. The molecule has 2 N–H and O–H groups in total. The van der Waals surface area contributed by atoms with Crippen LogP contribution in [0.3, 0.4) is 0 Å². The molecule has 2 aromatic carbocycles. The van der Waals surface area contributed by atoms with Gasteiger partial charge in [-0.3, -0.25) is 4.79 Å². The molecule has 1 amide bonds. The summed E-state index contributed by atoms with van der Waals surface area (Å²) < 4.78 is 0. The number of carboxylic acid groups (broad SMARTS) is 1. The van der Waals surface area contributed by atoms with Gasteiger partial charge in [0.1, 0.15) is 0 Å². The summed E-state index contributed by atoms with van der Waals surface area (Å²) in [5, 5.41) is 12.4. The lowest BCUT2D eigenvalue weighted by Crippen LogP contribution is -2.21. The van der Waals surface area contributed by atoms with Gasteiger partial charge in [-0.25, -0.2) is 4.79 Å². The fraction of sp³-hybridized carbons (Fsp3) is 0.364. The van der Waals surface area contributed by atoms with Crippen molar-refractivity contribution in [2.75, 3.05) is 23.3 Å². The highest BCUT2D eigenvalue weighted by Gasteiger charge is 2.31. The maximum absolute atomic E-state index is 12.0. The number of rotatable bonds is 5. The number of nitrogens with one attached hydrogen (secondary N) is 1. The summed E-state index contributed by atoms with van der Waals surface area (Å²) >= 11 is 0. The van der Waals surface area contributed by atoms with Crippen LogP contribution < -0.4 is 10.2 Å². The van der Waals surface area contributed by atoms with E-state index in [4.69, 9.17) is 0 Å². The van der Waals surface area contributed by atoms with E-state index in [1.165, 1.54) is 11.1 Å². The Balaban J connectivity index is 1.52. The first-order valence-corrected chi connectivity index (χ1v) is 9.51. The number of amides is 1. The first-order chi connectivity index (χ1) is 13.0. The van der Waals surface area contributed by atoms with Gasteiger partial charge in [-0.2, -0.15) is 0 Å². The number of nitrogens with zero attached hydrogens (tertiary/aromatic N) is 1. The van der Waals surface area contributed by atoms with Gasteiger partial charge in [-0.05, 0) is 49.9 Å². The lowest BCUT2D eigenvalue weighted by Gasteiger charge is -2.20. The molecule has 140 valence electrons. The summed E-state index contributed by atoms with van der Waals surface area (Å²) in [6.07, 6.45) is 2.83. The quantitative estimate of drug-likeness (QED) is 0.840. The first-order valence-electron chi connectivity index (χ1n) is 9.51. The third-order valence-electron chi connectivity index (χ3n) is 5.51. The van der Waals surface area contributed by atoms with E-state index >= 15 is 0 Å². The molecule has 1 heterocycles. The lowest BCUT2D eigenvalue weighted by molar-refractivity contribution is -0.117. The number of carbonyl (C=O) groups is 2. The van der Waals surface area contributed by atoms with E-state index in [1.807, 2.05) is 6.07 Å². The van der Waals surface area contributed by atoms with Crippen LogP contribution in [0.2, 0.25) is 0 Å². The van der Waals surface area contributed by atoms with Gasteiger partial charge in [0.05, 0.1) is 11.3 Å². The Morgan fingerprint density at radius 3 is 2.63 bits per heavy atom. The zero-order chi connectivity index (χ0) is 19.0. The number of hydrogen-bond acceptors (Lipinski definition) is 3. The molecule has 4 rings (SSSR count). The second-order valence-electron chi connectivity index (χ2n) is 7.64. The fourth-order valence-corrected chi connectivity index (χ4v) is 3.79. The summed E-state index contributed by atoms with van der Waals surface area (Å²) in [7, 11) is 0.